The molecular weight excluding hydrogens is 408 g/mol. The maximum Gasteiger partial charge on any atom is 0.232 e. The van der Waals surface area contributed by atoms with Crippen LogP contribution in [0.1, 0.15) is 67.8 Å². The van der Waals surface area contributed by atoms with E-state index < -0.39 is 10.0 Å². The Balaban J connectivity index is 1.55. The third-order valence-corrected chi connectivity index (χ3v) is 7.24. The molecule has 1 amide bonds. The smallest absolute Gasteiger partial charge is 0.232 e. The van der Waals surface area contributed by atoms with Crippen LogP contribution in [0.4, 0.5) is 5.69 Å². The molecule has 0 radical (unpaired) electrons. The number of hydrogen-bond donors (Lipinski definition) is 1. The molecule has 0 unspecified atom stereocenters. The largest absolute Gasteiger partial charge is 0.350 e. The number of benzene rings is 2. The van der Waals surface area contributed by atoms with Crippen molar-refractivity contribution in [1.82, 2.24) is 5.32 Å². The van der Waals surface area contributed by atoms with Gasteiger partial charge in [0.25, 0.3) is 0 Å². The quantitative estimate of drug-likeness (QED) is 0.619. The van der Waals surface area contributed by atoms with E-state index in [1.165, 1.54) is 34.5 Å². The van der Waals surface area contributed by atoms with Crippen LogP contribution in [-0.4, -0.2) is 27.1 Å². The summed E-state index contributed by atoms with van der Waals surface area (Å²) in [6.07, 6.45) is 7.61. The summed E-state index contributed by atoms with van der Waals surface area (Å²) in [5.41, 5.74) is 5.77. The molecule has 0 aliphatic heterocycles. The highest BCUT2D eigenvalue weighted by atomic mass is 32.2. The summed E-state index contributed by atoms with van der Waals surface area (Å²) in [6.45, 7) is 4.35. The number of anilines is 1. The first-order valence-electron chi connectivity index (χ1n) is 11.3. The van der Waals surface area contributed by atoms with E-state index in [4.69, 9.17) is 0 Å². The summed E-state index contributed by atoms with van der Waals surface area (Å²) in [4.78, 5) is 12.5. The molecule has 1 atom stereocenters. The van der Waals surface area contributed by atoms with Gasteiger partial charge in [-0.25, -0.2) is 8.42 Å². The third-order valence-electron chi connectivity index (χ3n) is 6.05. The van der Waals surface area contributed by atoms with Gasteiger partial charge in [0.15, 0.2) is 0 Å². The van der Waals surface area contributed by atoms with E-state index in [1.54, 1.807) is 0 Å². The number of rotatable bonds is 9. The lowest BCUT2D eigenvalue weighted by atomic mass is 9.89. The minimum Gasteiger partial charge on any atom is -0.350 e. The van der Waals surface area contributed by atoms with Crippen molar-refractivity contribution >= 4 is 21.6 Å². The molecule has 2 aromatic rings. The SMILES string of the molecule is CCc1ccc(N(CCCC(=O)N[C@@H](C)c2ccc3c(c2)CCCC3)S(C)(=O)=O)cc1. The zero-order valence-electron chi connectivity index (χ0n) is 18.9. The summed E-state index contributed by atoms with van der Waals surface area (Å²) in [6, 6.07) is 14.0. The molecular formula is C25H34N2O3S. The summed E-state index contributed by atoms with van der Waals surface area (Å²) < 4.78 is 25.9. The average Bonchev–Trinajstić information content (AvgIpc) is 2.75. The first kappa shape index (κ1) is 23.3. The maximum atomic E-state index is 12.5. The van der Waals surface area contributed by atoms with Gasteiger partial charge in [0.2, 0.25) is 15.9 Å². The Morgan fingerprint density at radius 1 is 1.06 bits per heavy atom. The number of hydrogen-bond acceptors (Lipinski definition) is 3. The van der Waals surface area contributed by atoms with Gasteiger partial charge in [0.1, 0.15) is 0 Å². The highest BCUT2D eigenvalue weighted by Crippen LogP contribution is 2.25. The Bertz CT molecular complexity index is 1000. The number of sulfonamides is 1. The van der Waals surface area contributed by atoms with Crippen LogP contribution < -0.4 is 9.62 Å². The molecule has 2 aromatic carbocycles. The molecule has 1 N–H and O–H groups in total. The Hall–Kier alpha value is -2.34. The number of amides is 1. The van der Waals surface area contributed by atoms with Gasteiger partial charge in [-0.2, -0.15) is 0 Å². The monoisotopic (exact) mass is 442 g/mol. The van der Waals surface area contributed by atoms with E-state index >= 15 is 0 Å². The molecule has 0 saturated carbocycles. The lowest BCUT2D eigenvalue weighted by molar-refractivity contribution is -0.121. The minimum absolute atomic E-state index is 0.0556. The lowest BCUT2D eigenvalue weighted by Crippen LogP contribution is -2.32. The molecule has 168 valence electrons. The van der Waals surface area contributed by atoms with Crippen LogP contribution in [0.2, 0.25) is 0 Å². The number of carbonyl (C=O) groups is 1. The highest BCUT2D eigenvalue weighted by Gasteiger charge is 2.18. The van der Waals surface area contributed by atoms with Crippen LogP contribution in [0, 0.1) is 0 Å². The Morgan fingerprint density at radius 3 is 2.39 bits per heavy atom. The van der Waals surface area contributed by atoms with Gasteiger partial charge in [-0.05, 0) is 79.8 Å². The van der Waals surface area contributed by atoms with E-state index in [1.807, 2.05) is 31.2 Å². The Morgan fingerprint density at radius 2 is 1.74 bits per heavy atom. The van der Waals surface area contributed by atoms with Crippen molar-refractivity contribution in [3.63, 3.8) is 0 Å². The van der Waals surface area contributed by atoms with Crippen molar-refractivity contribution in [3.8, 4) is 0 Å². The molecule has 0 heterocycles. The molecule has 31 heavy (non-hydrogen) atoms. The number of aryl methyl sites for hydroxylation is 3. The van der Waals surface area contributed by atoms with Crippen LogP contribution >= 0.6 is 0 Å². The molecule has 0 bridgehead atoms. The van der Waals surface area contributed by atoms with Gasteiger partial charge >= 0.3 is 0 Å². The van der Waals surface area contributed by atoms with Crippen molar-refractivity contribution in [2.45, 2.75) is 64.8 Å². The molecule has 5 nitrogen and oxygen atoms in total. The van der Waals surface area contributed by atoms with Gasteiger partial charge in [-0.3, -0.25) is 9.10 Å². The van der Waals surface area contributed by atoms with E-state index in [0.717, 1.165) is 30.4 Å². The van der Waals surface area contributed by atoms with Crippen molar-refractivity contribution in [2.75, 3.05) is 17.1 Å². The second kappa shape index (κ2) is 10.3. The molecule has 3 rings (SSSR count). The predicted molar refractivity (Wildman–Crippen MR) is 127 cm³/mol. The fourth-order valence-corrected chi connectivity index (χ4v) is 5.15. The van der Waals surface area contributed by atoms with Crippen LogP contribution in [0.5, 0.6) is 0 Å². The third kappa shape index (κ3) is 6.33. The zero-order chi connectivity index (χ0) is 22.4. The first-order valence-corrected chi connectivity index (χ1v) is 13.1. The van der Waals surface area contributed by atoms with Crippen molar-refractivity contribution in [3.05, 3.63) is 64.7 Å². The fraction of sp³-hybridized carbons (Fsp3) is 0.480. The number of nitrogens with one attached hydrogen (secondary N) is 1. The van der Waals surface area contributed by atoms with Crippen molar-refractivity contribution < 1.29 is 13.2 Å². The predicted octanol–water partition coefficient (Wildman–Crippen LogP) is 4.55. The summed E-state index contributed by atoms with van der Waals surface area (Å²) in [5, 5.41) is 3.06. The normalized spacial score (nSPS) is 14.5. The standard InChI is InChI=1S/C25H34N2O3S/c1-4-20-11-15-24(16-12-20)27(31(3,29)30)17-7-10-25(28)26-19(2)22-14-13-21-8-5-6-9-23(21)18-22/h11-16,18-19H,4-10,17H2,1-3H3,(H,26,28)/t19-/m0/s1. The molecule has 0 fully saturated rings. The minimum atomic E-state index is -3.41. The summed E-state index contributed by atoms with van der Waals surface area (Å²) in [7, 11) is -3.41. The van der Waals surface area contributed by atoms with Crippen LogP contribution in [-0.2, 0) is 34.1 Å². The van der Waals surface area contributed by atoms with Gasteiger partial charge in [-0.15, -0.1) is 0 Å². The number of carbonyl (C=O) groups excluding carboxylic acids is 1. The lowest BCUT2D eigenvalue weighted by Gasteiger charge is -2.23. The average molecular weight is 443 g/mol. The molecule has 0 saturated heterocycles. The van der Waals surface area contributed by atoms with Crippen LogP contribution in [0.25, 0.3) is 0 Å². The molecule has 1 aliphatic carbocycles. The molecule has 0 aromatic heterocycles. The van der Waals surface area contributed by atoms with Crippen LogP contribution in [0.3, 0.4) is 0 Å². The van der Waals surface area contributed by atoms with Gasteiger partial charge in [-0.1, -0.05) is 37.3 Å². The van der Waals surface area contributed by atoms with E-state index in [9.17, 15) is 13.2 Å². The fourth-order valence-electron chi connectivity index (χ4n) is 4.19. The van der Waals surface area contributed by atoms with E-state index in [0.29, 0.717) is 12.1 Å². The van der Waals surface area contributed by atoms with Gasteiger partial charge < -0.3 is 5.32 Å². The molecule has 0 spiro atoms. The van der Waals surface area contributed by atoms with Crippen molar-refractivity contribution in [2.24, 2.45) is 0 Å². The Kier molecular flexibility index (Phi) is 7.76. The van der Waals surface area contributed by atoms with E-state index in [-0.39, 0.29) is 24.9 Å². The number of fused-ring (bicyclic) bond motifs is 1. The summed E-state index contributed by atoms with van der Waals surface area (Å²) >= 11 is 0. The van der Waals surface area contributed by atoms with Crippen molar-refractivity contribution in [1.29, 1.82) is 0 Å². The summed E-state index contributed by atoms with van der Waals surface area (Å²) in [5.74, 6) is -0.0556. The van der Waals surface area contributed by atoms with Gasteiger partial charge in [0.05, 0.1) is 18.0 Å². The molecule has 1 aliphatic rings. The topological polar surface area (TPSA) is 66.5 Å². The van der Waals surface area contributed by atoms with Gasteiger partial charge in [0, 0.05) is 13.0 Å². The second-order valence-electron chi connectivity index (χ2n) is 8.48. The first-order chi connectivity index (χ1) is 14.8. The zero-order valence-corrected chi connectivity index (χ0v) is 19.7. The second-order valence-corrected chi connectivity index (χ2v) is 10.4. The maximum absolute atomic E-state index is 12.5. The number of nitrogens with zero attached hydrogens (tertiary/aromatic N) is 1. The van der Waals surface area contributed by atoms with E-state index in [2.05, 4.69) is 30.4 Å². The highest BCUT2D eigenvalue weighted by molar-refractivity contribution is 7.92. The van der Waals surface area contributed by atoms with Crippen LogP contribution in [0.15, 0.2) is 42.5 Å². The Labute approximate surface area is 186 Å². The molecule has 6 heteroatoms.